The third-order valence-corrected chi connectivity index (χ3v) is 4.74. The number of rotatable bonds is 7. The Hall–Kier alpha value is -0.920. The fourth-order valence-electron chi connectivity index (χ4n) is 3.43. The van der Waals surface area contributed by atoms with Gasteiger partial charge >= 0.3 is 0 Å². The standard InChI is InChI=1S/C18H30N2/c1-3-5-6-8-17-13-14-18(20-19-17)16-11-9-15(7-4-2)10-12-16/h13-16H,3-12H2,1-2H3. The molecular formula is C18H30N2. The van der Waals surface area contributed by atoms with E-state index in [0.29, 0.717) is 5.92 Å². The number of nitrogens with zero attached hydrogens (tertiary/aromatic N) is 2. The highest BCUT2D eigenvalue weighted by Gasteiger charge is 2.22. The number of unbranched alkanes of at least 4 members (excludes halogenated alkanes) is 2. The molecule has 0 amide bonds. The maximum atomic E-state index is 4.50. The van der Waals surface area contributed by atoms with Gasteiger partial charge in [-0.25, -0.2) is 0 Å². The van der Waals surface area contributed by atoms with Crippen molar-refractivity contribution in [1.82, 2.24) is 10.2 Å². The van der Waals surface area contributed by atoms with Gasteiger partial charge in [0.1, 0.15) is 0 Å². The maximum absolute atomic E-state index is 4.50. The Morgan fingerprint density at radius 2 is 1.75 bits per heavy atom. The van der Waals surface area contributed by atoms with Crippen LogP contribution in [0, 0.1) is 5.92 Å². The van der Waals surface area contributed by atoms with Crippen molar-refractivity contribution in [2.24, 2.45) is 5.92 Å². The van der Waals surface area contributed by atoms with Gasteiger partial charge in [-0.15, -0.1) is 0 Å². The van der Waals surface area contributed by atoms with Gasteiger partial charge in [-0.1, -0.05) is 39.5 Å². The topological polar surface area (TPSA) is 25.8 Å². The molecule has 0 spiro atoms. The third kappa shape index (κ3) is 4.57. The molecule has 1 aromatic rings. The van der Waals surface area contributed by atoms with E-state index >= 15 is 0 Å². The van der Waals surface area contributed by atoms with Crippen LogP contribution in [0.25, 0.3) is 0 Å². The zero-order valence-corrected chi connectivity index (χ0v) is 13.3. The van der Waals surface area contributed by atoms with Gasteiger partial charge in [-0.05, 0) is 56.6 Å². The van der Waals surface area contributed by atoms with Crippen LogP contribution in [-0.4, -0.2) is 10.2 Å². The summed E-state index contributed by atoms with van der Waals surface area (Å²) < 4.78 is 0. The van der Waals surface area contributed by atoms with Crippen LogP contribution in [0.3, 0.4) is 0 Å². The lowest BCUT2D eigenvalue weighted by Crippen LogP contribution is -2.14. The molecule has 20 heavy (non-hydrogen) atoms. The zero-order chi connectivity index (χ0) is 14.2. The summed E-state index contributed by atoms with van der Waals surface area (Å²) in [6, 6.07) is 4.44. The smallest absolute Gasteiger partial charge is 0.0662 e. The summed E-state index contributed by atoms with van der Waals surface area (Å²) in [5.41, 5.74) is 2.40. The van der Waals surface area contributed by atoms with E-state index in [1.54, 1.807) is 0 Å². The summed E-state index contributed by atoms with van der Waals surface area (Å²) in [5.74, 6) is 1.64. The molecule has 1 aliphatic carbocycles. The molecule has 1 aromatic heterocycles. The largest absolute Gasteiger partial charge is 0.155 e. The molecule has 2 nitrogen and oxygen atoms in total. The molecule has 1 saturated carbocycles. The lowest BCUT2D eigenvalue weighted by Gasteiger charge is -2.27. The second-order valence-corrected chi connectivity index (χ2v) is 6.41. The van der Waals surface area contributed by atoms with Crippen molar-refractivity contribution in [3.63, 3.8) is 0 Å². The second kappa shape index (κ2) is 8.39. The molecule has 0 aliphatic heterocycles. The first-order chi connectivity index (χ1) is 9.83. The summed E-state index contributed by atoms with van der Waals surface area (Å²) >= 11 is 0. The van der Waals surface area contributed by atoms with Gasteiger partial charge in [0.05, 0.1) is 11.4 Å². The summed E-state index contributed by atoms with van der Waals surface area (Å²) in [6.07, 6.45) is 13.0. The Morgan fingerprint density at radius 3 is 2.35 bits per heavy atom. The molecule has 0 bridgehead atoms. The van der Waals surface area contributed by atoms with Crippen LogP contribution < -0.4 is 0 Å². The normalized spacial score (nSPS) is 22.9. The quantitative estimate of drug-likeness (QED) is 0.632. The summed E-state index contributed by atoms with van der Waals surface area (Å²) in [6.45, 7) is 4.54. The highest BCUT2D eigenvalue weighted by molar-refractivity contribution is 5.12. The van der Waals surface area contributed by atoms with Crippen LogP contribution in [0.4, 0.5) is 0 Å². The minimum atomic E-state index is 0.667. The number of hydrogen-bond acceptors (Lipinski definition) is 2. The first-order valence-electron chi connectivity index (χ1n) is 8.66. The molecule has 1 fully saturated rings. The van der Waals surface area contributed by atoms with E-state index < -0.39 is 0 Å². The summed E-state index contributed by atoms with van der Waals surface area (Å²) in [4.78, 5) is 0. The van der Waals surface area contributed by atoms with Gasteiger partial charge in [-0.2, -0.15) is 10.2 Å². The highest BCUT2D eigenvalue weighted by atomic mass is 15.1. The van der Waals surface area contributed by atoms with Crippen LogP contribution in [0.1, 0.15) is 88.9 Å². The highest BCUT2D eigenvalue weighted by Crippen LogP contribution is 2.36. The van der Waals surface area contributed by atoms with Gasteiger partial charge < -0.3 is 0 Å². The fourth-order valence-corrected chi connectivity index (χ4v) is 3.43. The van der Waals surface area contributed by atoms with E-state index in [9.17, 15) is 0 Å². The minimum Gasteiger partial charge on any atom is -0.155 e. The first kappa shape index (κ1) is 15.5. The van der Waals surface area contributed by atoms with E-state index in [2.05, 4.69) is 36.2 Å². The summed E-state index contributed by atoms with van der Waals surface area (Å²) in [5, 5.41) is 8.93. The molecule has 1 heterocycles. The molecular weight excluding hydrogens is 244 g/mol. The molecule has 0 radical (unpaired) electrons. The third-order valence-electron chi connectivity index (χ3n) is 4.74. The van der Waals surface area contributed by atoms with Crippen molar-refractivity contribution in [3.05, 3.63) is 23.5 Å². The Balaban J connectivity index is 1.81. The predicted molar refractivity (Wildman–Crippen MR) is 84.9 cm³/mol. The van der Waals surface area contributed by atoms with E-state index in [1.165, 1.54) is 69.2 Å². The average molecular weight is 274 g/mol. The van der Waals surface area contributed by atoms with Crippen molar-refractivity contribution >= 4 is 0 Å². The SMILES string of the molecule is CCCCCc1ccc(C2CCC(CCC)CC2)nn1. The Labute approximate surface area is 124 Å². The Kier molecular flexibility index (Phi) is 6.49. The minimum absolute atomic E-state index is 0.667. The van der Waals surface area contributed by atoms with Crippen LogP contribution in [0.15, 0.2) is 12.1 Å². The van der Waals surface area contributed by atoms with E-state index in [4.69, 9.17) is 0 Å². The number of aryl methyl sites for hydroxylation is 1. The zero-order valence-electron chi connectivity index (χ0n) is 13.3. The molecule has 0 aromatic carbocycles. The van der Waals surface area contributed by atoms with Crippen molar-refractivity contribution in [2.45, 2.75) is 84.0 Å². The van der Waals surface area contributed by atoms with Crippen molar-refractivity contribution in [1.29, 1.82) is 0 Å². The van der Waals surface area contributed by atoms with Crippen molar-refractivity contribution in [3.8, 4) is 0 Å². The summed E-state index contributed by atoms with van der Waals surface area (Å²) in [7, 11) is 0. The maximum Gasteiger partial charge on any atom is 0.0662 e. The molecule has 0 unspecified atom stereocenters. The Morgan fingerprint density at radius 1 is 0.950 bits per heavy atom. The van der Waals surface area contributed by atoms with Crippen LogP contribution in [0.2, 0.25) is 0 Å². The molecule has 0 N–H and O–H groups in total. The van der Waals surface area contributed by atoms with Gasteiger partial charge in [0, 0.05) is 5.92 Å². The molecule has 2 rings (SSSR count). The number of hydrogen-bond donors (Lipinski definition) is 0. The molecule has 0 atom stereocenters. The van der Waals surface area contributed by atoms with Crippen molar-refractivity contribution in [2.75, 3.05) is 0 Å². The van der Waals surface area contributed by atoms with Crippen molar-refractivity contribution < 1.29 is 0 Å². The van der Waals surface area contributed by atoms with Gasteiger partial charge in [0.25, 0.3) is 0 Å². The Bertz CT molecular complexity index is 364. The van der Waals surface area contributed by atoms with Gasteiger partial charge in [0.15, 0.2) is 0 Å². The molecule has 0 saturated heterocycles. The van der Waals surface area contributed by atoms with Crippen LogP contribution in [-0.2, 0) is 6.42 Å². The van der Waals surface area contributed by atoms with Crippen LogP contribution >= 0.6 is 0 Å². The second-order valence-electron chi connectivity index (χ2n) is 6.41. The molecule has 112 valence electrons. The molecule has 2 heteroatoms. The molecule has 1 aliphatic rings. The average Bonchev–Trinajstić information content (AvgIpc) is 2.49. The lowest BCUT2D eigenvalue weighted by molar-refractivity contribution is 0.304. The lowest BCUT2D eigenvalue weighted by atomic mass is 9.79. The monoisotopic (exact) mass is 274 g/mol. The van der Waals surface area contributed by atoms with E-state index in [0.717, 1.165) is 12.3 Å². The van der Waals surface area contributed by atoms with Gasteiger partial charge in [-0.3, -0.25) is 0 Å². The van der Waals surface area contributed by atoms with E-state index in [1.807, 2.05) is 0 Å². The van der Waals surface area contributed by atoms with Gasteiger partial charge in [0.2, 0.25) is 0 Å². The van der Waals surface area contributed by atoms with E-state index in [-0.39, 0.29) is 0 Å². The number of aromatic nitrogens is 2. The predicted octanol–water partition coefficient (Wildman–Crippen LogP) is 5.28. The van der Waals surface area contributed by atoms with Crippen LogP contribution in [0.5, 0.6) is 0 Å². The first-order valence-corrected chi connectivity index (χ1v) is 8.66. The fraction of sp³-hybridized carbons (Fsp3) is 0.778.